The molecule has 6 nitrogen and oxygen atoms in total. The van der Waals surface area contributed by atoms with Gasteiger partial charge in [0.15, 0.2) is 0 Å². The molecule has 6 heteroatoms. The molecule has 0 bridgehead atoms. The van der Waals surface area contributed by atoms with Crippen LogP contribution in [0.15, 0.2) is 47.1 Å². The standard InChI is InChI=1S/C19H21N3O3/c1-4-11-22(13-17-6-5-12-25-17)14-18(23)20-16-9-7-15(8-10-16)19(24)21(2)3/h1,5-10,12H,11,13-14H2,2-3H3,(H,20,23). The van der Waals surface area contributed by atoms with Crippen molar-refractivity contribution >= 4 is 17.5 Å². The summed E-state index contributed by atoms with van der Waals surface area (Å²) in [6, 6.07) is 10.4. The van der Waals surface area contributed by atoms with Gasteiger partial charge < -0.3 is 14.6 Å². The van der Waals surface area contributed by atoms with Crippen molar-refractivity contribution in [3.63, 3.8) is 0 Å². The van der Waals surface area contributed by atoms with Crippen molar-refractivity contribution < 1.29 is 14.0 Å². The van der Waals surface area contributed by atoms with E-state index in [0.29, 0.717) is 24.3 Å². The second kappa shape index (κ2) is 8.71. The Bertz CT molecular complexity index is 743. The first-order valence-corrected chi connectivity index (χ1v) is 7.79. The van der Waals surface area contributed by atoms with Gasteiger partial charge in [0.2, 0.25) is 5.91 Å². The molecular formula is C19H21N3O3. The van der Waals surface area contributed by atoms with Crippen molar-refractivity contribution in [2.45, 2.75) is 6.54 Å². The highest BCUT2D eigenvalue weighted by atomic mass is 16.3. The van der Waals surface area contributed by atoms with Crippen LogP contribution in [-0.2, 0) is 11.3 Å². The van der Waals surface area contributed by atoms with Crippen LogP contribution in [0.2, 0.25) is 0 Å². The number of furan rings is 1. The molecular weight excluding hydrogens is 318 g/mol. The highest BCUT2D eigenvalue weighted by molar-refractivity contribution is 5.96. The zero-order valence-corrected chi connectivity index (χ0v) is 14.4. The zero-order chi connectivity index (χ0) is 18.2. The van der Waals surface area contributed by atoms with Crippen LogP contribution in [0, 0.1) is 12.3 Å². The average Bonchev–Trinajstić information content (AvgIpc) is 3.08. The normalized spacial score (nSPS) is 10.3. The molecule has 0 spiro atoms. The molecule has 25 heavy (non-hydrogen) atoms. The van der Waals surface area contributed by atoms with Crippen LogP contribution >= 0.6 is 0 Å². The first-order valence-electron chi connectivity index (χ1n) is 7.79. The number of anilines is 1. The fourth-order valence-corrected chi connectivity index (χ4v) is 2.28. The van der Waals surface area contributed by atoms with Gasteiger partial charge in [0, 0.05) is 25.3 Å². The largest absolute Gasteiger partial charge is 0.468 e. The Balaban J connectivity index is 1.93. The van der Waals surface area contributed by atoms with Gasteiger partial charge in [-0.15, -0.1) is 6.42 Å². The first kappa shape index (κ1) is 18.3. The highest BCUT2D eigenvalue weighted by Gasteiger charge is 2.13. The Kier molecular flexibility index (Phi) is 6.38. The molecule has 1 aromatic carbocycles. The summed E-state index contributed by atoms with van der Waals surface area (Å²) in [6.45, 7) is 0.939. The second-order valence-electron chi connectivity index (χ2n) is 5.75. The minimum absolute atomic E-state index is 0.0866. The third-order valence-corrected chi connectivity index (χ3v) is 3.46. The summed E-state index contributed by atoms with van der Waals surface area (Å²) < 4.78 is 5.29. The fourth-order valence-electron chi connectivity index (χ4n) is 2.28. The lowest BCUT2D eigenvalue weighted by Crippen LogP contribution is -2.33. The predicted octanol–water partition coefficient (Wildman–Crippen LogP) is 2.06. The number of terminal acetylenes is 1. The molecule has 2 aromatic rings. The van der Waals surface area contributed by atoms with Gasteiger partial charge in [0.05, 0.1) is 25.9 Å². The van der Waals surface area contributed by atoms with Crippen LogP contribution in [0.3, 0.4) is 0 Å². The zero-order valence-electron chi connectivity index (χ0n) is 14.4. The lowest BCUT2D eigenvalue weighted by molar-refractivity contribution is -0.117. The van der Waals surface area contributed by atoms with Crippen LogP contribution < -0.4 is 5.32 Å². The van der Waals surface area contributed by atoms with Crippen molar-refractivity contribution in [3.8, 4) is 12.3 Å². The highest BCUT2D eigenvalue weighted by Crippen LogP contribution is 2.11. The maximum atomic E-state index is 12.2. The minimum atomic E-state index is -0.187. The Morgan fingerprint density at radius 3 is 2.48 bits per heavy atom. The van der Waals surface area contributed by atoms with Gasteiger partial charge in [-0.1, -0.05) is 5.92 Å². The number of nitrogens with one attached hydrogen (secondary N) is 1. The first-order chi connectivity index (χ1) is 12.0. The van der Waals surface area contributed by atoms with Crippen LogP contribution in [0.5, 0.6) is 0 Å². The van der Waals surface area contributed by atoms with Crippen LogP contribution in [0.1, 0.15) is 16.1 Å². The Labute approximate surface area is 147 Å². The van der Waals surface area contributed by atoms with Gasteiger partial charge >= 0.3 is 0 Å². The van der Waals surface area contributed by atoms with E-state index < -0.39 is 0 Å². The maximum absolute atomic E-state index is 12.2. The predicted molar refractivity (Wildman–Crippen MR) is 95.9 cm³/mol. The fraction of sp³-hybridized carbons (Fsp3) is 0.263. The van der Waals surface area contributed by atoms with E-state index in [-0.39, 0.29) is 18.4 Å². The smallest absolute Gasteiger partial charge is 0.253 e. The molecule has 1 heterocycles. The molecule has 0 aliphatic heterocycles. The average molecular weight is 339 g/mol. The molecule has 1 aromatic heterocycles. The number of nitrogens with zero attached hydrogens (tertiary/aromatic N) is 2. The molecule has 0 saturated carbocycles. The van der Waals surface area contributed by atoms with Gasteiger partial charge in [-0.3, -0.25) is 14.5 Å². The molecule has 0 atom stereocenters. The van der Waals surface area contributed by atoms with E-state index in [2.05, 4.69) is 11.2 Å². The maximum Gasteiger partial charge on any atom is 0.253 e. The van der Waals surface area contributed by atoms with Crippen LogP contribution in [0.25, 0.3) is 0 Å². The van der Waals surface area contributed by atoms with Gasteiger partial charge in [-0.2, -0.15) is 0 Å². The number of carbonyl (C=O) groups is 2. The molecule has 0 saturated heterocycles. The van der Waals surface area contributed by atoms with E-state index in [1.807, 2.05) is 6.07 Å². The van der Waals surface area contributed by atoms with Gasteiger partial charge in [-0.05, 0) is 36.4 Å². The van der Waals surface area contributed by atoms with Crippen molar-refractivity contribution in [2.75, 3.05) is 32.5 Å². The number of hydrogen-bond donors (Lipinski definition) is 1. The Hall–Kier alpha value is -3.04. The van der Waals surface area contributed by atoms with E-state index in [1.54, 1.807) is 55.6 Å². The monoisotopic (exact) mass is 339 g/mol. The topological polar surface area (TPSA) is 65.8 Å². The van der Waals surface area contributed by atoms with Gasteiger partial charge in [0.25, 0.3) is 5.91 Å². The molecule has 2 rings (SSSR count). The van der Waals surface area contributed by atoms with E-state index in [0.717, 1.165) is 5.76 Å². The lowest BCUT2D eigenvalue weighted by atomic mass is 10.2. The molecule has 130 valence electrons. The molecule has 1 N–H and O–H groups in total. The number of amides is 2. The molecule has 0 unspecified atom stereocenters. The molecule has 0 aliphatic rings. The van der Waals surface area contributed by atoms with Gasteiger partial charge in [-0.25, -0.2) is 0 Å². The molecule has 0 radical (unpaired) electrons. The minimum Gasteiger partial charge on any atom is -0.468 e. The van der Waals surface area contributed by atoms with Crippen LogP contribution in [-0.4, -0.2) is 48.8 Å². The second-order valence-corrected chi connectivity index (χ2v) is 5.75. The summed E-state index contributed by atoms with van der Waals surface area (Å²) in [5.74, 6) is 3.01. The van der Waals surface area contributed by atoms with E-state index >= 15 is 0 Å². The quantitative estimate of drug-likeness (QED) is 0.784. The summed E-state index contributed by atoms with van der Waals surface area (Å²) in [4.78, 5) is 27.4. The lowest BCUT2D eigenvalue weighted by Gasteiger charge is -2.18. The third-order valence-electron chi connectivity index (χ3n) is 3.46. The van der Waals surface area contributed by atoms with Gasteiger partial charge in [0.1, 0.15) is 5.76 Å². The van der Waals surface area contributed by atoms with E-state index in [1.165, 1.54) is 4.90 Å². The van der Waals surface area contributed by atoms with Crippen LogP contribution in [0.4, 0.5) is 5.69 Å². The summed E-state index contributed by atoms with van der Waals surface area (Å²) in [5, 5.41) is 2.80. The number of carbonyl (C=O) groups excluding carboxylic acids is 2. The Morgan fingerprint density at radius 1 is 1.20 bits per heavy atom. The molecule has 2 amide bonds. The third kappa shape index (κ3) is 5.52. The van der Waals surface area contributed by atoms with Crippen molar-refractivity contribution in [2.24, 2.45) is 0 Å². The SMILES string of the molecule is C#CCN(CC(=O)Nc1ccc(C(=O)N(C)C)cc1)Cc1ccco1. The van der Waals surface area contributed by atoms with Crippen molar-refractivity contribution in [1.82, 2.24) is 9.80 Å². The van der Waals surface area contributed by atoms with E-state index in [9.17, 15) is 9.59 Å². The molecule has 0 fully saturated rings. The number of rotatable bonds is 7. The number of hydrogen-bond acceptors (Lipinski definition) is 4. The summed E-state index contributed by atoms with van der Waals surface area (Å²) in [6.07, 6.45) is 6.95. The summed E-state index contributed by atoms with van der Waals surface area (Å²) in [7, 11) is 3.38. The number of benzene rings is 1. The summed E-state index contributed by atoms with van der Waals surface area (Å²) >= 11 is 0. The Morgan fingerprint density at radius 2 is 1.92 bits per heavy atom. The van der Waals surface area contributed by atoms with Crippen molar-refractivity contribution in [1.29, 1.82) is 0 Å². The van der Waals surface area contributed by atoms with E-state index in [4.69, 9.17) is 10.8 Å². The van der Waals surface area contributed by atoms with Crippen molar-refractivity contribution in [3.05, 3.63) is 54.0 Å². The molecule has 0 aliphatic carbocycles. The summed E-state index contributed by atoms with van der Waals surface area (Å²) in [5.41, 5.74) is 1.19.